The average Bonchev–Trinajstić information content (AvgIpc) is 2.52. The lowest BCUT2D eigenvalue weighted by molar-refractivity contribution is 0.313. The SMILES string of the molecule is CCC(N)Cn1cccc(OCCc2ccccc2)c1=O. The molecule has 0 aliphatic heterocycles. The Kier molecular flexibility index (Phi) is 5.58. The van der Waals surface area contributed by atoms with E-state index in [4.69, 9.17) is 10.5 Å². The Morgan fingerprint density at radius 3 is 2.67 bits per heavy atom. The van der Waals surface area contributed by atoms with Gasteiger partial charge in [-0.3, -0.25) is 4.79 Å². The minimum atomic E-state index is -0.116. The number of aromatic nitrogens is 1. The van der Waals surface area contributed by atoms with Crippen molar-refractivity contribution in [2.45, 2.75) is 32.4 Å². The number of nitrogens with zero attached hydrogens (tertiary/aromatic N) is 1. The minimum Gasteiger partial charge on any atom is -0.488 e. The van der Waals surface area contributed by atoms with Crippen LogP contribution in [0.25, 0.3) is 0 Å². The fourth-order valence-corrected chi connectivity index (χ4v) is 2.07. The normalized spacial score (nSPS) is 12.1. The van der Waals surface area contributed by atoms with Crippen LogP contribution in [-0.4, -0.2) is 17.2 Å². The van der Waals surface area contributed by atoms with Crippen LogP contribution in [0.5, 0.6) is 5.75 Å². The fraction of sp³-hybridized carbons (Fsp3) is 0.353. The van der Waals surface area contributed by atoms with Gasteiger partial charge in [-0.15, -0.1) is 0 Å². The quantitative estimate of drug-likeness (QED) is 0.849. The third kappa shape index (κ3) is 4.46. The Hall–Kier alpha value is -2.07. The molecule has 0 spiro atoms. The molecule has 0 saturated heterocycles. The summed E-state index contributed by atoms with van der Waals surface area (Å²) in [4.78, 5) is 12.2. The number of ether oxygens (including phenoxy) is 1. The number of hydrogen-bond donors (Lipinski definition) is 1. The van der Waals surface area contributed by atoms with E-state index in [0.29, 0.717) is 18.9 Å². The molecule has 21 heavy (non-hydrogen) atoms. The van der Waals surface area contributed by atoms with Crippen molar-refractivity contribution in [2.75, 3.05) is 6.61 Å². The van der Waals surface area contributed by atoms with Gasteiger partial charge < -0.3 is 15.0 Å². The molecule has 2 N–H and O–H groups in total. The maximum atomic E-state index is 12.2. The number of nitrogens with two attached hydrogens (primary N) is 1. The van der Waals surface area contributed by atoms with Gasteiger partial charge in [0.1, 0.15) is 0 Å². The predicted molar refractivity (Wildman–Crippen MR) is 84.6 cm³/mol. The molecule has 1 heterocycles. The van der Waals surface area contributed by atoms with Crippen LogP contribution in [0, 0.1) is 0 Å². The highest BCUT2D eigenvalue weighted by molar-refractivity contribution is 5.18. The third-order valence-corrected chi connectivity index (χ3v) is 3.43. The number of rotatable bonds is 7. The molecule has 4 heteroatoms. The monoisotopic (exact) mass is 286 g/mol. The Balaban J connectivity index is 1.97. The van der Waals surface area contributed by atoms with E-state index in [9.17, 15) is 4.79 Å². The summed E-state index contributed by atoms with van der Waals surface area (Å²) in [6, 6.07) is 13.6. The van der Waals surface area contributed by atoms with Crippen LogP contribution >= 0.6 is 0 Å². The van der Waals surface area contributed by atoms with Crippen molar-refractivity contribution < 1.29 is 4.74 Å². The summed E-state index contributed by atoms with van der Waals surface area (Å²) >= 11 is 0. The molecular weight excluding hydrogens is 264 g/mol. The molecule has 1 aromatic heterocycles. The van der Waals surface area contributed by atoms with Crippen molar-refractivity contribution in [3.05, 3.63) is 64.6 Å². The highest BCUT2D eigenvalue weighted by atomic mass is 16.5. The van der Waals surface area contributed by atoms with E-state index < -0.39 is 0 Å². The molecule has 0 aliphatic carbocycles. The lowest BCUT2D eigenvalue weighted by Gasteiger charge is -2.13. The first kappa shape index (κ1) is 15.3. The molecule has 1 aromatic carbocycles. The zero-order valence-electron chi connectivity index (χ0n) is 12.4. The highest BCUT2D eigenvalue weighted by Gasteiger charge is 2.07. The maximum Gasteiger partial charge on any atom is 0.292 e. The topological polar surface area (TPSA) is 57.2 Å². The summed E-state index contributed by atoms with van der Waals surface area (Å²) in [7, 11) is 0. The second kappa shape index (κ2) is 7.64. The summed E-state index contributed by atoms with van der Waals surface area (Å²) in [5.74, 6) is 0.386. The van der Waals surface area contributed by atoms with Crippen LogP contribution < -0.4 is 16.0 Å². The first-order valence-corrected chi connectivity index (χ1v) is 7.32. The van der Waals surface area contributed by atoms with Gasteiger partial charge in [-0.2, -0.15) is 0 Å². The fourth-order valence-electron chi connectivity index (χ4n) is 2.07. The Labute approximate surface area is 125 Å². The van der Waals surface area contributed by atoms with Gasteiger partial charge in [0.05, 0.1) is 6.61 Å². The lowest BCUT2D eigenvalue weighted by Crippen LogP contribution is -2.31. The molecule has 2 aromatic rings. The minimum absolute atomic E-state index is 0.0118. The molecule has 4 nitrogen and oxygen atoms in total. The van der Waals surface area contributed by atoms with Gasteiger partial charge in [-0.1, -0.05) is 37.3 Å². The van der Waals surface area contributed by atoms with Crippen molar-refractivity contribution in [1.29, 1.82) is 0 Å². The maximum absolute atomic E-state index is 12.2. The standard InChI is InChI=1S/C17H22N2O2/c1-2-15(18)13-19-11-6-9-16(17(19)20)21-12-10-14-7-4-3-5-8-14/h3-9,11,15H,2,10,12-13,18H2,1H3. The molecule has 0 saturated carbocycles. The zero-order chi connectivity index (χ0) is 15.1. The number of benzene rings is 1. The summed E-state index contributed by atoms with van der Waals surface area (Å²) < 4.78 is 7.24. The lowest BCUT2D eigenvalue weighted by atomic mass is 10.2. The molecule has 0 aliphatic rings. The molecule has 112 valence electrons. The van der Waals surface area contributed by atoms with E-state index in [1.165, 1.54) is 5.56 Å². The van der Waals surface area contributed by atoms with Gasteiger partial charge in [0.2, 0.25) is 0 Å². The van der Waals surface area contributed by atoms with Crippen molar-refractivity contribution in [1.82, 2.24) is 4.57 Å². The van der Waals surface area contributed by atoms with E-state index in [2.05, 4.69) is 0 Å². The second-order valence-electron chi connectivity index (χ2n) is 5.08. The van der Waals surface area contributed by atoms with Gasteiger partial charge in [-0.05, 0) is 24.1 Å². The van der Waals surface area contributed by atoms with Crippen LogP contribution in [0.4, 0.5) is 0 Å². The number of pyridine rings is 1. The van der Waals surface area contributed by atoms with E-state index in [-0.39, 0.29) is 11.6 Å². The summed E-state index contributed by atoms with van der Waals surface area (Å²) in [6.07, 6.45) is 3.37. The van der Waals surface area contributed by atoms with Crippen molar-refractivity contribution in [3.8, 4) is 5.75 Å². The largest absolute Gasteiger partial charge is 0.488 e. The summed E-state index contributed by atoms with van der Waals surface area (Å²) in [6.45, 7) is 3.02. The second-order valence-corrected chi connectivity index (χ2v) is 5.08. The summed E-state index contributed by atoms with van der Waals surface area (Å²) in [5, 5.41) is 0. The molecule has 0 bridgehead atoms. The highest BCUT2D eigenvalue weighted by Crippen LogP contribution is 2.05. The van der Waals surface area contributed by atoms with Gasteiger partial charge in [-0.25, -0.2) is 0 Å². The Morgan fingerprint density at radius 2 is 1.95 bits per heavy atom. The van der Waals surface area contributed by atoms with Crippen molar-refractivity contribution in [3.63, 3.8) is 0 Å². The van der Waals surface area contributed by atoms with Crippen LogP contribution in [0.2, 0.25) is 0 Å². The molecule has 1 atom stereocenters. The molecule has 0 radical (unpaired) electrons. The van der Waals surface area contributed by atoms with E-state index in [1.807, 2.05) is 43.3 Å². The average molecular weight is 286 g/mol. The predicted octanol–water partition coefficient (Wildman–Crippen LogP) is 2.21. The van der Waals surface area contributed by atoms with Crippen molar-refractivity contribution >= 4 is 0 Å². The van der Waals surface area contributed by atoms with Gasteiger partial charge in [0.25, 0.3) is 5.56 Å². The van der Waals surface area contributed by atoms with Crippen LogP contribution in [-0.2, 0) is 13.0 Å². The summed E-state index contributed by atoms with van der Waals surface area (Å²) in [5.41, 5.74) is 6.98. The zero-order valence-corrected chi connectivity index (χ0v) is 12.4. The van der Waals surface area contributed by atoms with E-state index in [1.54, 1.807) is 16.8 Å². The van der Waals surface area contributed by atoms with E-state index in [0.717, 1.165) is 12.8 Å². The van der Waals surface area contributed by atoms with Gasteiger partial charge >= 0.3 is 0 Å². The molecule has 1 unspecified atom stereocenters. The molecular formula is C17H22N2O2. The van der Waals surface area contributed by atoms with Gasteiger partial charge in [0.15, 0.2) is 5.75 Å². The molecule has 0 amide bonds. The first-order valence-electron chi connectivity index (χ1n) is 7.32. The smallest absolute Gasteiger partial charge is 0.292 e. The Bertz CT molecular complexity index is 608. The van der Waals surface area contributed by atoms with Crippen LogP contribution in [0.1, 0.15) is 18.9 Å². The van der Waals surface area contributed by atoms with Crippen LogP contribution in [0.3, 0.4) is 0 Å². The Morgan fingerprint density at radius 1 is 1.19 bits per heavy atom. The van der Waals surface area contributed by atoms with Gasteiger partial charge in [0, 0.05) is 25.2 Å². The first-order chi connectivity index (χ1) is 10.2. The number of hydrogen-bond acceptors (Lipinski definition) is 3. The van der Waals surface area contributed by atoms with Crippen LogP contribution in [0.15, 0.2) is 53.5 Å². The molecule has 0 fully saturated rings. The molecule has 2 rings (SSSR count). The van der Waals surface area contributed by atoms with E-state index >= 15 is 0 Å². The third-order valence-electron chi connectivity index (χ3n) is 3.43. The van der Waals surface area contributed by atoms with Crippen molar-refractivity contribution in [2.24, 2.45) is 5.73 Å².